The fourth-order valence-electron chi connectivity index (χ4n) is 1.75. The van der Waals surface area contributed by atoms with E-state index in [1.54, 1.807) is 0 Å². The molecule has 0 aromatic heterocycles. The van der Waals surface area contributed by atoms with Gasteiger partial charge in [0.2, 0.25) is 11.8 Å². The number of rotatable bonds is 20. The molecule has 0 heterocycles. The molecule has 0 unspecified atom stereocenters. The summed E-state index contributed by atoms with van der Waals surface area (Å²) >= 11 is 0. The second kappa shape index (κ2) is 21.0. The van der Waals surface area contributed by atoms with Gasteiger partial charge in [0.25, 0.3) is 0 Å². The number of carbonyl (C=O) groups is 2. The predicted molar refractivity (Wildman–Crippen MR) is 101 cm³/mol. The van der Waals surface area contributed by atoms with Crippen molar-refractivity contribution in [3.63, 3.8) is 0 Å². The van der Waals surface area contributed by atoms with Gasteiger partial charge in [-0.25, -0.2) is 0 Å². The highest BCUT2D eigenvalue weighted by atomic mass is 16.6. The molecule has 27 heavy (non-hydrogen) atoms. The van der Waals surface area contributed by atoms with Crippen LogP contribution in [0.5, 0.6) is 0 Å². The standard InChI is InChI=1S/C18H36N2O7/c1-3-5-19-18(22)16-27-15-14-26-13-12-25-11-10-24-9-8-23-7-6-20-17(21)4-2/h3-16H2,1-2H3,(H,19,22)(H,20,21). The highest BCUT2D eigenvalue weighted by Crippen LogP contribution is 1.84. The van der Waals surface area contributed by atoms with E-state index in [0.29, 0.717) is 79.0 Å². The van der Waals surface area contributed by atoms with E-state index in [0.717, 1.165) is 6.42 Å². The number of ether oxygens (including phenoxy) is 5. The minimum Gasteiger partial charge on any atom is -0.377 e. The maximum Gasteiger partial charge on any atom is 0.245 e. The monoisotopic (exact) mass is 392 g/mol. The Labute approximate surface area is 162 Å². The molecule has 0 spiro atoms. The lowest BCUT2D eigenvalue weighted by Gasteiger charge is -2.08. The first-order chi connectivity index (χ1) is 13.2. The van der Waals surface area contributed by atoms with Crippen LogP contribution < -0.4 is 10.6 Å². The molecule has 0 saturated carbocycles. The molecule has 0 atom stereocenters. The Hall–Kier alpha value is -1.26. The van der Waals surface area contributed by atoms with Crippen LogP contribution in [0, 0.1) is 0 Å². The maximum atomic E-state index is 11.3. The molecule has 0 rings (SSSR count). The van der Waals surface area contributed by atoms with Gasteiger partial charge in [-0.1, -0.05) is 13.8 Å². The molecule has 9 nitrogen and oxygen atoms in total. The number of carbonyl (C=O) groups excluding carboxylic acids is 2. The summed E-state index contributed by atoms with van der Waals surface area (Å²) in [7, 11) is 0. The second-order valence-corrected chi connectivity index (χ2v) is 5.56. The first-order valence-electron chi connectivity index (χ1n) is 9.62. The van der Waals surface area contributed by atoms with Gasteiger partial charge < -0.3 is 34.3 Å². The van der Waals surface area contributed by atoms with E-state index in [1.807, 2.05) is 13.8 Å². The van der Waals surface area contributed by atoms with Crippen LogP contribution in [0.3, 0.4) is 0 Å². The van der Waals surface area contributed by atoms with Gasteiger partial charge in [-0.15, -0.1) is 0 Å². The molecule has 160 valence electrons. The lowest BCUT2D eigenvalue weighted by molar-refractivity contribution is -0.126. The van der Waals surface area contributed by atoms with E-state index >= 15 is 0 Å². The van der Waals surface area contributed by atoms with Crippen LogP contribution in [-0.4, -0.2) is 91.0 Å². The summed E-state index contributed by atoms with van der Waals surface area (Å²) in [5.41, 5.74) is 0. The summed E-state index contributed by atoms with van der Waals surface area (Å²) in [4.78, 5) is 22.2. The molecule has 0 saturated heterocycles. The predicted octanol–water partition coefficient (Wildman–Crippen LogP) is 0.122. The topological polar surface area (TPSA) is 104 Å². The lowest BCUT2D eigenvalue weighted by Crippen LogP contribution is -2.28. The first-order valence-corrected chi connectivity index (χ1v) is 9.62. The summed E-state index contributed by atoms with van der Waals surface area (Å²) in [6, 6.07) is 0. The zero-order chi connectivity index (χ0) is 20.0. The van der Waals surface area contributed by atoms with E-state index in [1.165, 1.54) is 0 Å². The fraction of sp³-hybridized carbons (Fsp3) is 0.889. The van der Waals surface area contributed by atoms with E-state index in [2.05, 4.69) is 10.6 Å². The van der Waals surface area contributed by atoms with Crippen molar-refractivity contribution in [3.8, 4) is 0 Å². The minimum absolute atomic E-state index is 0.0262. The summed E-state index contributed by atoms with van der Waals surface area (Å²) in [6.45, 7) is 9.26. The summed E-state index contributed by atoms with van der Waals surface area (Å²) < 4.78 is 26.6. The number of hydrogen-bond acceptors (Lipinski definition) is 7. The van der Waals surface area contributed by atoms with Crippen molar-refractivity contribution in [1.29, 1.82) is 0 Å². The second-order valence-electron chi connectivity index (χ2n) is 5.56. The zero-order valence-corrected chi connectivity index (χ0v) is 16.8. The number of nitrogens with one attached hydrogen (secondary N) is 2. The molecule has 0 aliphatic rings. The van der Waals surface area contributed by atoms with Crippen LogP contribution in [0.25, 0.3) is 0 Å². The Morgan fingerprint density at radius 2 is 1.04 bits per heavy atom. The van der Waals surface area contributed by atoms with Crippen molar-refractivity contribution in [2.24, 2.45) is 0 Å². The molecular formula is C18H36N2O7. The first kappa shape index (κ1) is 25.7. The molecule has 0 aliphatic carbocycles. The van der Waals surface area contributed by atoms with Gasteiger partial charge in [-0.05, 0) is 6.42 Å². The molecule has 0 radical (unpaired) electrons. The average molecular weight is 392 g/mol. The summed E-state index contributed by atoms with van der Waals surface area (Å²) in [5, 5.41) is 5.46. The van der Waals surface area contributed by atoms with Crippen molar-refractivity contribution in [2.75, 3.05) is 79.2 Å². The van der Waals surface area contributed by atoms with Crippen LogP contribution in [0.2, 0.25) is 0 Å². The molecule has 0 fully saturated rings. The molecule has 0 aromatic carbocycles. The Balaban J connectivity index is 3.09. The molecule has 2 N–H and O–H groups in total. The molecule has 2 amide bonds. The van der Waals surface area contributed by atoms with Gasteiger partial charge in [-0.2, -0.15) is 0 Å². The van der Waals surface area contributed by atoms with Crippen LogP contribution in [0.1, 0.15) is 26.7 Å². The smallest absolute Gasteiger partial charge is 0.245 e. The van der Waals surface area contributed by atoms with Gasteiger partial charge in [-0.3, -0.25) is 9.59 Å². The summed E-state index contributed by atoms with van der Waals surface area (Å²) in [6.07, 6.45) is 1.40. The van der Waals surface area contributed by atoms with Crippen LogP contribution in [0.15, 0.2) is 0 Å². The normalized spacial score (nSPS) is 10.7. The zero-order valence-electron chi connectivity index (χ0n) is 16.8. The molecule has 9 heteroatoms. The SMILES string of the molecule is CCCNC(=O)COCCOCCOCCOCCOCCNC(=O)CC. The van der Waals surface area contributed by atoms with Gasteiger partial charge in [0.15, 0.2) is 0 Å². The van der Waals surface area contributed by atoms with Crippen molar-refractivity contribution < 1.29 is 33.3 Å². The van der Waals surface area contributed by atoms with Crippen LogP contribution in [-0.2, 0) is 33.3 Å². The Morgan fingerprint density at radius 1 is 0.593 bits per heavy atom. The molecule has 0 aromatic rings. The van der Waals surface area contributed by atoms with Crippen LogP contribution in [0.4, 0.5) is 0 Å². The lowest BCUT2D eigenvalue weighted by atomic mass is 10.4. The van der Waals surface area contributed by atoms with Crippen LogP contribution >= 0.6 is 0 Å². The molecule has 0 aliphatic heterocycles. The summed E-state index contributed by atoms with van der Waals surface area (Å²) in [5.74, 6) is -0.0767. The van der Waals surface area contributed by atoms with Gasteiger partial charge >= 0.3 is 0 Å². The van der Waals surface area contributed by atoms with Crippen molar-refractivity contribution in [2.45, 2.75) is 26.7 Å². The van der Waals surface area contributed by atoms with Gasteiger partial charge in [0.1, 0.15) is 6.61 Å². The van der Waals surface area contributed by atoms with E-state index in [4.69, 9.17) is 23.7 Å². The Morgan fingerprint density at radius 3 is 1.52 bits per heavy atom. The highest BCUT2D eigenvalue weighted by Gasteiger charge is 1.99. The third-order valence-electron chi connectivity index (χ3n) is 3.18. The quantitative estimate of drug-likeness (QED) is 0.284. The number of amides is 2. The Kier molecular flexibility index (Phi) is 20.1. The van der Waals surface area contributed by atoms with E-state index in [9.17, 15) is 9.59 Å². The van der Waals surface area contributed by atoms with Crippen molar-refractivity contribution in [3.05, 3.63) is 0 Å². The van der Waals surface area contributed by atoms with E-state index in [-0.39, 0.29) is 18.4 Å². The highest BCUT2D eigenvalue weighted by molar-refractivity contribution is 5.77. The molecular weight excluding hydrogens is 356 g/mol. The third-order valence-corrected chi connectivity index (χ3v) is 3.18. The Bertz CT molecular complexity index is 357. The largest absolute Gasteiger partial charge is 0.377 e. The van der Waals surface area contributed by atoms with Crippen molar-refractivity contribution >= 4 is 11.8 Å². The fourth-order valence-corrected chi connectivity index (χ4v) is 1.75. The van der Waals surface area contributed by atoms with Crippen molar-refractivity contribution in [1.82, 2.24) is 10.6 Å². The maximum absolute atomic E-state index is 11.3. The minimum atomic E-state index is -0.103. The van der Waals surface area contributed by atoms with Gasteiger partial charge in [0, 0.05) is 19.5 Å². The number of hydrogen-bond donors (Lipinski definition) is 2. The third kappa shape index (κ3) is 20.9. The van der Waals surface area contributed by atoms with Gasteiger partial charge in [0.05, 0.1) is 59.5 Å². The van der Waals surface area contributed by atoms with E-state index < -0.39 is 0 Å². The molecule has 0 bridgehead atoms. The average Bonchev–Trinajstić information content (AvgIpc) is 2.68.